The fraction of sp³-hybridized carbons (Fsp3) is 0.222. The average Bonchev–Trinajstić information content (AvgIpc) is 2.57. The van der Waals surface area contributed by atoms with Gasteiger partial charge in [-0.3, -0.25) is 9.36 Å². The normalized spacial score (nSPS) is 12.3. The summed E-state index contributed by atoms with van der Waals surface area (Å²) in [5.74, 6) is 0.206. The topological polar surface area (TPSA) is 64.3 Å². The quantitative estimate of drug-likeness (QED) is 0.780. The third-order valence-corrected chi connectivity index (χ3v) is 3.66. The van der Waals surface area contributed by atoms with Gasteiger partial charge < -0.3 is 9.84 Å². The summed E-state index contributed by atoms with van der Waals surface area (Å²) in [5, 5.41) is 10.4. The van der Waals surface area contributed by atoms with Gasteiger partial charge in [0.15, 0.2) is 0 Å². The average molecular weight is 328 g/mol. The molecule has 2 aromatic carbocycles. The molecule has 0 radical (unpaired) electrons. The third-order valence-electron chi connectivity index (χ3n) is 3.66. The second-order valence-corrected chi connectivity index (χ2v) is 5.64. The highest BCUT2D eigenvalue weighted by Crippen LogP contribution is 2.12. The molecule has 24 heavy (non-hydrogen) atoms. The van der Waals surface area contributed by atoms with Crippen molar-refractivity contribution < 1.29 is 14.2 Å². The maximum Gasteiger partial charge on any atom is 0.261 e. The first-order chi connectivity index (χ1) is 11.5. The molecular weight excluding hydrogens is 311 g/mol. The van der Waals surface area contributed by atoms with Crippen molar-refractivity contribution in [2.24, 2.45) is 0 Å². The zero-order chi connectivity index (χ0) is 17.1. The highest BCUT2D eigenvalue weighted by Gasteiger charge is 2.10. The third kappa shape index (κ3) is 3.60. The molecule has 0 unspecified atom stereocenters. The van der Waals surface area contributed by atoms with Gasteiger partial charge >= 0.3 is 0 Å². The van der Waals surface area contributed by atoms with E-state index in [0.717, 1.165) is 5.56 Å². The number of rotatable bonds is 5. The van der Waals surface area contributed by atoms with Crippen molar-refractivity contribution in [1.82, 2.24) is 9.55 Å². The van der Waals surface area contributed by atoms with Gasteiger partial charge in [-0.25, -0.2) is 9.37 Å². The molecule has 1 N–H and O–H groups in total. The van der Waals surface area contributed by atoms with Crippen LogP contribution in [0.25, 0.3) is 10.9 Å². The Morgan fingerprint density at radius 2 is 2.00 bits per heavy atom. The Morgan fingerprint density at radius 1 is 1.25 bits per heavy atom. The molecule has 0 bridgehead atoms. The number of nitrogens with zero attached hydrogens (tertiary/aromatic N) is 2. The number of aliphatic hydroxyl groups is 1. The maximum atomic E-state index is 13.2. The first-order valence-electron chi connectivity index (χ1n) is 7.55. The van der Waals surface area contributed by atoms with E-state index in [4.69, 9.17) is 4.74 Å². The highest BCUT2D eigenvalue weighted by atomic mass is 19.1. The molecule has 5 nitrogen and oxygen atoms in total. The van der Waals surface area contributed by atoms with Gasteiger partial charge in [0.25, 0.3) is 5.56 Å². The summed E-state index contributed by atoms with van der Waals surface area (Å²) in [5.41, 5.74) is 1.09. The number of hydrogen-bond donors (Lipinski definition) is 1. The van der Waals surface area contributed by atoms with Crippen LogP contribution in [0.4, 0.5) is 4.39 Å². The van der Waals surface area contributed by atoms with Crippen molar-refractivity contribution in [1.29, 1.82) is 0 Å². The SMILES string of the molecule is Cc1ccc(OC[C@@H](O)Cn2cnc3cc(F)ccc3c2=O)cc1. The molecule has 0 fully saturated rings. The Kier molecular flexibility index (Phi) is 4.57. The van der Waals surface area contributed by atoms with Crippen LogP contribution in [0.3, 0.4) is 0 Å². The second kappa shape index (κ2) is 6.80. The van der Waals surface area contributed by atoms with E-state index in [1.54, 1.807) is 0 Å². The van der Waals surface area contributed by atoms with E-state index in [2.05, 4.69) is 4.98 Å². The largest absolute Gasteiger partial charge is 0.491 e. The zero-order valence-corrected chi connectivity index (χ0v) is 13.1. The molecule has 124 valence electrons. The van der Waals surface area contributed by atoms with Crippen LogP contribution in [-0.4, -0.2) is 27.4 Å². The van der Waals surface area contributed by atoms with Crippen LogP contribution in [0.15, 0.2) is 53.6 Å². The van der Waals surface area contributed by atoms with Crippen LogP contribution in [-0.2, 0) is 6.54 Å². The van der Waals surface area contributed by atoms with Crippen molar-refractivity contribution >= 4 is 10.9 Å². The Morgan fingerprint density at radius 3 is 2.75 bits per heavy atom. The summed E-state index contributed by atoms with van der Waals surface area (Å²) in [4.78, 5) is 16.4. The van der Waals surface area contributed by atoms with Gasteiger partial charge in [-0.15, -0.1) is 0 Å². The van der Waals surface area contributed by atoms with E-state index in [9.17, 15) is 14.3 Å². The Labute approximate surface area is 138 Å². The van der Waals surface area contributed by atoms with E-state index in [1.807, 2.05) is 31.2 Å². The Balaban J connectivity index is 1.70. The molecule has 0 aliphatic carbocycles. The summed E-state index contributed by atoms with van der Waals surface area (Å²) in [7, 11) is 0. The van der Waals surface area contributed by atoms with Crippen LogP contribution in [0, 0.1) is 12.7 Å². The van der Waals surface area contributed by atoms with Crippen LogP contribution in [0.5, 0.6) is 5.75 Å². The van der Waals surface area contributed by atoms with Crippen LogP contribution in [0.1, 0.15) is 5.56 Å². The zero-order valence-electron chi connectivity index (χ0n) is 13.1. The van der Waals surface area contributed by atoms with Crippen molar-refractivity contribution in [2.75, 3.05) is 6.61 Å². The molecule has 1 aromatic heterocycles. The number of aliphatic hydroxyl groups excluding tert-OH is 1. The van der Waals surface area contributed by atoms with Gasteiger partial charge in [0.1, 0.15) is 24.3 Å². The lowest BCUT2D eigenvalue weighted by Gasteiger charge is -2.14. The fourth-order valence-corrected chi connectivity index (χ4v) is 2.37. The number of fused-ring (bicyclic) bond motifs is 1. The number of halogens is 1. The van der Waals surface area contributed by atoms with Crippen LogP contribution < -0.4 is 10.3 Å². The molecule has 0 aliphatic rings. The minimum Gasteiger partial charge on any atom is -0.491 e. The molecule has 1 heterocycles. The predicted molar refractivity (Wildman–Crippen MR) is 88.6 cm³/mol. The summed E-state index contributed by atoms with van der Waals surface area (Å²) in [6, 6.07) is 11.3. The molecule has 0 saturated heterocycles. The maximum absolute atomic E-state index is 13.2. The minimum atomic E-state index is -0.872. The lowest BCUT2D eigenvalue weighted by Crippen LogP contribution is -2.30. The Bertz CT molecular complexity index is 906. The van der Waals surface area contributed by atoms with Gasteiger partial charge in [0.05, 0.1) is 23.8 Å². The first kappa shape index (κ1) is 16.1. The standard InChI is InChI=1S/C18H17FN2O3/c1-12-2-5-15(6-3-12)24-10-14(22)9-21-11-20-17-8-13(19)4-7-16(17)18(21)23/h2-8,11,14,22H,9-10H2,1H3/t14-/m0/s1. The number of benzene rings is 2. The highest BCUT2D eigenvalue weighted by molar-refractivity contribution is 5.77. The van der Waals surface area contributed by atoms with Gasteiger partial charge in [-0.1, -0.05) is 17.7 Å². The van der Waals surface area contributed by atoms with Gasteiger partial charge in [-0.05, 0) is 31.2 Å². The van der Waals surface area contributed by atoms with Crippen LogP contribution >= 0.6 is 0 Å². The molecular formula is C18H17FN2O3. The van der Waals surface area contributed by atoms with Crippen molar-refractivity contribution in [3.8, 4) is 5.75 Å². The van der Waals surface area contributed by atoms with E-state index in [0.29, 0.717) is 16.7 Å². The number of aromatic nitrogens is 2. The van der Waals surface area contributed by atoms with Crippen molar-refractivity contribution in [3.63, 3.8) is 0 Å². The molecule has 0 spiro atoms. The van der Waals surface area contributed by atoms with Crippen molar-refractivity contribution in [2.45, 2.75) is 19.6 Å². The number of ether oxygens (including phenoxy) is 1. The molecule has 1 atom stereocenters. The molecule has 0 saturated carbocycles. The monoisotopic (exact) mass is 328 g/mol. The minimum absolute atomic E-state index is 0.0466. The lowest BCUT2D eigenvalue weighted by molar-refractivity contribution is 0.0915. The molecule has 3 rings (SSSR count). The van der Waals surface area contributed by atoms with Gasteiger partial charge in [0, 0.05) is 6.07 Å². The predicted octanol–water partition coefficient (Wildman–Crippen LogP) is 2.28. The van der Waals surface area contributed by atoms with E-state index < -0.39 is 11.9 Å². The van der Waals surface area contributed by atoms with Crippen molar-refractivity contribution in [3.05, 3.63) is 70.5 Å². The van der Waals surface area contributed by atoms with Gasteiger partial charge in [-0.2, -0.15) is 0 Å². The second-order valence-electron chi connectivity index (χ2n) is 5.64. The lowest BCUT2D eigenvalue weighted by atomic mass is 10.2. The van der Waals surface area contributed by atoms with E-state index >= 15 is 0 Å². The van der Waals surface area contributed by atoms with Gasteiger partial charge in [0.2, 0.25) is 0 Å². The number of hydrogen-bond acceptors (Lipinski definition) is 4. The smallest absolute Gasteiger partial charge is 0.261 e. The molecule has 0 aliphatic heterocycles. The summed E-state index contributed by atoms with van der Waals surface area (Å²) in [6.45, 7) is 2.08. The molecule has 0 amide bonds. The Hall–Kier alpha value is -2.73. The number of aryl methyl sites for hydroxylation is 1. The molecule has 3 aromatic rings. The molecule has 6 heteroatoms. The van der Waals surface area contributed by atoms with Crippen LogP contribution in [0.2, 0.25) is 0 Å². The first-order valence-corrected chi connectivity index (χ1v) is 7.55. The van der Waals surface area contributed by atoms with E-state index in [-0.39, 0.29) is 18.7 Å². The summed E-state index contributed by atoms with van der Waals surface area (Å²) in [6.07, 6.45) is 0.433. The van der Waals surface area contributed by atoms with E-state index in [1.165, 1.54) is 29.1 Å². The summed E-state index contributed by atoms with van der Waals surface area (Å²) >= 11 is 0. The fourth-order valence-electron chi connectivity index (χ4n) is 2.37. The summed E-state index contributed by atoms with van der Waals surface area (Å²) < 4.78 is 20.0.